The standard InChI is InChI=1S/C10H5BrClN5S/c11-5-1-2-6(13-3-5)18-9-7-8(15-4-14-7)16-10(12)17-9/h1-4H,(H,14,15,16,17). The lowest BCUT2D eigenvalue weighted by Gasteiger charge is -2.01. The Balaban J connectivity index is 2.03. The normalized spacial score (nSPS) is 11.0. The summed E-state index contributed by atoms with van der Waals surface area (Å²) in [4.78, 5) is 19.5. The van der Waals surface area contributed by atoms with Crippen molar-refractivity contribution in [3.63, 3.8) is 0 Å². The Labute approximate surface area is 120 Å². The average Bonchev–Trinajstić information content (AvgIpc) is 2.80. The Kier molecular flexibility index (Phi) is 3.19. The van der Waals surface area contributed by atoms with Crippen LogP contribution in [0.1, 0.15) is 0 Å². The van der Waals surface area contributed by atoms with E-state index in [0.29, 0.717) is 10.7 Å². The summed E-state index contributed by atoms with van der Waals surface area (Å²) in [7, 11) is 0. The Morgan fingerprint density at radius 3 is 2.89 bits per heavy atom. The number of halogens is 2. The van der Waals surface area contributed by atoms with Gasteiger partial charge in [-0.1, -0.05) is 0 Å². The van der Waals surface area contributed by atoms with Crippen LogP contribution in [0.25, 0.3) is 11.2 Å². The van der Waals surface area contributed by atoms with Crippen molar-refractivity contribution in [1.29, 1.82) is 0 Å². The predicted molar refractivity (Wildman–Crippen MR) is 72.8 cm³/mol. The summed E-state index contributed by atoms with van der Waals surface area (Å²) in [5.41, 5.74) is 1.31. The summed E-state index contributed by atoms with van der Waals surface area (Å²) < 4.78 is 0.930. The zero-order valence-electron chi connectivity index (χ0n) is 8.76. The number of pyridine rings is 1. The molecule has 90 valence electrons. The van der Waals surface area contributed by atoms with Crippen molar-refractivity contribution in [2.24, 2.45) is 0 Å². The van der Waals surface area contributed by atoms with Crippen LogP contribution in [-0.4, -0.2) is 24.9 Å². The topological polar surface area (TPSA) is 67.3 Å². The molecule has 0 radical (unpaired) electrons. The third kappa shape index (κ3) is 2.33. The molecule has 3 heterocycles. The number of nitrogens with zero attached hydrogens (tertiary/aromatic N) is 4. The van der Waals surface area contributed by atoms with Gasteiger partial charge in [0.25, 0.3) is 0 Å². The monoisotopic (exact) mass is 341 g/mol. The number of nitrogens with one attached hydrogen (secondary N) is 1. The third-order valence-corrected chi connectivity index (χ3v) is 3.70. The van der Waals surface area contributed by atoms with Crippen molar-refractivity contribution < 1.29 is 0 Å². The first kappa shape index (κ1) is 11.9. The molecular weight excluding hydrogens is 338 g/mol. The molecule has 0 unspecified atom stereocenters. The van der Waals surface area contributed by atoms with Gasteiger partial charge in [0.15, 0.2) is 5.65 Å². The van der Waals surface area contributed by atoms with E-state index in [1.807, 2.05) is 12.1 Å². The Hall–Kier alpha value is -1.18. The fourth-order valence-corrected chi connectivity index (χ4v) is 2.65. The maximum absolute atomic E-state index is 5.85. The van der Waals surface area contributed by atoms with E-state index in [0.717, 1.165) is 15.0 Å². The molecule has 0 saturated carbocycles. The van der Waals surface area contributed by atoms with Crippen LogP contribution in [0.3, 0.4) is 0 Å². The molecule has 0 fully saturated rings. The van der Waals surface area contributed by atoms with Gasteiger partial charge in [0.05, 0.1) is 6.33 Å². The Morgan fingerprint density at radius 2 is 2.11 bits per heavy atom. The lowest BCUT2D eigenvalue weighted by atomic mass is 10.5. The maximum atomic E-state index is 5.85. The van der Waals surface area contributed by atoms with E-state index in [9.17, 15) is 0 Å². The molecule has 3 aromatic rings. The number of aromatic nitrogens is 5. The molecule has 0 aliphatic heterocycles. The lowest BCUT2D eigenvalue weighted by molar-refractivity contribution is 1.07. The van der Waals surface area contributed by atoms with Crippen LogP contribution in [0.15, 0.2) is 39.2 Å². The molecule has 1 N–H and O–H groups in total. The molecule has 0 amide bonds. The van der Waals surface area contributed by atoms with Crippen molar-refractivity contribution in [3.05, 3.63) is 34.4 Å². The maximum Gasteiger partial charge on any atom is 0.225 e. The number of hydrogen-bond acceptors (Lipinski definition) is 5. The van der Waals surface area contributed by atoms with Gasteiger partial charge < -0.3 is 4.98 Å². The minimum atomic E-state index is 0.175. The van der Waals surface area contributed by atoms with Crippen LogP contribution in [-0.2, 0) is 0 Å². The molecule has 0 bridgehead atoms. The molecule has 0 spiro atoms. The number of H-pyrrole nitrogens is 1. The van der Waals surface area contributed by atoms with Gasteiger partial charge in [-0.15, -0.1) is 0 Å². The second-order valence-electron chi connectivity index (χ2n) is 3.32. The molecule has 0 aliphatic carbocycles. The van der Waals surface area contributed by atoms with Crippen LogP contribution in [0.5, 0.6) is 0 Å². The summed E-state index contributed by atoms with van der Waals surface area (Å²) in [6.07, 6.45) is 3.30. The van der Waals surface area contributed by atoms with Crippen molar-refractivity contribution in [3.8, 4) is 0 Å². The second kappa shape index (κ2) is 4.83. The van der Waals surface area contributed by atoms with E-state index >= 15 is 0 Å². The molecule has 0 saturated heterocycles. The molecular formula is C10H5BrClN5S. The lowest BCUT2D eigenvalue weighted by Crippen LogP contribution is -1.89. The van der Waals surface area contributed by atoms with E-state index in [2.05, 4.69) is 40.8 Å². The number of fused-ring (bicyclic) bond motifs is 1. The van der Waals surface area contributed by atoms with Crippen molar-refractivity contribution in [1.82, 2.24) is 24.9 Å². The molecule has 0 aliphatic rings. The predicted octanol–water partition coefficient (Wildman–Crippen LogP) is 3.32. The Morgan fingerprint density at radius 1 is 1.22 bits per heavy atom. The zero-order chi connectivity index (χ0) is 12.5. The first-order valence-electron chi connectivity index (χ1n) is 4.88. The van der Waals surface area contributed by atoms with Gasteiger partial charge in [0, 0.05) is 10.7 Å². The smallest absolute Gasteiger partial charge is 0.225 e. The minimum absolute atomic E-state index is 0.175. The van der Waals surface area contributed by atoms with E-state index < -0.39 is 0 Å². The van der Waals surface area contributed by atoms with Gasteiger partial charge in [-0.3, -0.25) is 0 Å². The van der Waals surface area contributed by atoms with E-state index in [-0.39, 0.29) is 5.28 Å². The van der Waals surface area contributed by atoms with Crippen LogP contribution in [0.4, 0.5) is 0 Å². The molecule has 0 aromatic carbocycles. The van der Waals surface area contributed by atoms with Gasteiger partial charge in [-0.05, 0) is 51.4 Å². The first-order valence-corrected chi connectivity index (χ1v) is 6.87. The van der Waals surface area contributed by atoms with Crippen LogP contribution in [0.2, 0.25) is 5.28 Å². The second-order valence-corrected chi connectivity index (χ2v) is 5.58. The highest BCUT2D eigenvalue weighted by Gasteiger charge is 2.10. The minimum Gasteiger partial charge on any atom is -0.341 e. The summed E-state index contributed by atoms with van der Waals surface area (Å²) in [5.74, 6) is 0. The highest BCUT2D eigenvalue weighted by Crippen LogP contribution is 2.30. The highest BCUT2D eigenvalue weighted by atomic mass is 79.9. The number of hydrogen-bond donors (Lipinski definition) is 1. The molecule has 8 heteroatoms. The molecule has 3 aromatic heterocycles. The SMILES string of the molecule is Clc1nc(Sc2ccc(Br)cn2)c2[nH]cnc2n1. The molecule has 18 heavy (non-hydrogen) atoms. The summed E-state index contributed by atoms with van der Waals surface area (Å²) in [6.45, 7) is 0. The first-order chi connectivity index (χ1) is 8.72. The Bertz CT molecular complexity index is 699. The van der Waals surface area contributed by atoms with Gasteiger partial charge in [0.1, 0.15) is 15.6 Å². The van der Waals surface area contributed by atoms with Gasteiger partial charge >= 0.3 is 0 Å². The van der Waals surface area contributed by atoms with E-state index in [1.54, 1.807) is 12.5 Å². The van der Waals surface area contributed by atoms with Gasteiger partial charge in [-0.25, -0.2) is 15.0 Å². The van der Waals surface area contributed by atoms with E-state index in [4.69, 9.17) is 11.6 Å². The van der Waals surface area contributed by atoms with Crippen LogP contribution >= 0.6 is 39.3 Å². The zero-order valence-corrected chi connectivity index (χ0v) is 11.9. The third-order valence-electron chi connectivity index (χ3n) is 2.13. The molecule has 5 nitrogen and oxygen atoms in total. The average molecular weight is 343 g/mol. The largest absolute Gasteiger partial charge is 0.341 e. The van der Waals surface area contributed by atoms with Crippen LogP contribution in [0, 0.1) is 0 Å². The summed E-state index contributed by atoms with van der Waals surface area (Å²) >= 11 is 10.6. The van der Waals surface area contributed by atoms with Gasteiger partial charge in [-0.2, -0.15) is 4.98 Å². The summed E-state index contributed by atoms with van der Waals surface area (Å²) in [5, 5.41) is 1.70. The fraction of sp³-hybridized carbons (Fsp3) is 0. The highest BCUT2D eigenvalue weighted by molar-refractivity contribution is 9.10. The van der Waals surface area contributed by atoms with Crippen LogP contribution < -0.4 is 0 Å². The van der Waals surface area contributed by atoms with Gasteiger partial charge in [0.2, 0.25) is 5.28 Å². The number of aromatic amines is 1. The quantitative estimate of drug-likeness (QED) is 0.571. The molecule has 0 atom stereocenters. The van der Waals surface area contributed by atoms with Crippen molar-refractivity contribution in [2.45, 2.75) is 10.1 Å². The number of imidazole rings is 1. The fourth-order valence-electron chi connectivity index (χ4n) is 1.38. The van der Waals surface area contributed by atoms with E-state index in [1.165, 1.54) is 11.8 Å². The summed E-state index contributed by atoms with van der Waals surface area (Å²) in [6, 6.07) is 3.81. The number of rotatable bonds is 2. The molecule has 3 rings (SSSR count). The van der Waals surface area contributed by atoms with Crippen molar-refractivity contribution >= 4 is 50.5 Å². The van der Waals surface area contributed by atoms with Crippen molar-refractivity contribution in [2.75, 3.05) is 0 Å².